The second-order valence-corrected chi connectivity index (χ2v) is 6.92. The first-order valence-electron chi connectivity index (χ1n) is 9.43. The van der Waals surface area contributed by atoms with Crippen LogP contribution in [0.5, 0.6) is 0 Å². The van der Waals surface area contributed by atoms with E-state index in [1.54, 1.807) is 30.3 Å². The molecule has 2 saturated heterocycles. The zero-order valence-electron chi connectivity index (χ0n) is 15.6. The van der Waals surface area contributed by atoms with Crippen molar-refractivity contribution in [1.82, 2.24) is 20.4 Å². The lowest BCUT2D eigenvalue weighted by Crippen LogP contribution is -2.64. The van der Waals surface area contributed by atoms with Gasteiger partial charge in [0, 0.05) is 25.2 Å². The monoisotopic (exact) mass is 387 g/mol. The second-order valence-electron chi connectivity index (χ2n) is 6.92. The number of nitrogens with one attached hydrogen (secondary N) is 2. The topological polar surface area (TPSA) is 125 Å². The number of carbonyl (C=O) groups excluding carboxylic acids is 4. The average Bonchev–Trinajstić information content (AvgIpc) is 2.74. The van der Waals surface area contributed by atoms with Crippen molar-refractivity contribution >= 4 is 23.6 Å². The summed E-state index contributed by atoms with van der Waals surface area (Å²) in [5.74, 6) is -1.24. The van der Waals surface area contributed by atoms with Crippen LogP contribution in [-0.2, 0) is 14.4 Å². The Bertz CT molecular complexity index is 754. The van der Waals surface area contributed by atoms with E-state index in [4.69, 9.17) is 5.73 Å². The van der Waals surface area contributed by atoms with E-state index in [1.165, 1.54) is 9.80 Å². The van der Waals surface area contributed by atoms with Crippen molar-refractivity contribution < 1.29 is 19.2 Å². The summed E-state index contributed by atoms with van der Waals surface area (Å²) in [6.07, 6.45) is 1.31. The standard InChI is InChI=1S/C19H25N5O4/c20-11-16(25)23-9-10-24(19(28)13-5-2-1-3-6-13)15(12-23)18(27)22-14-7-4-8-21-17(14)26/h1-3,5-6,14-15H,4,7-12,20H2,(H,21,26)(H,22,27). The third kappa shape index (κ3) is 4.30. The number of piperazine rings is 1. The van der Waals surface area contributed by atoms with E-state index >= 15 is 0 Å². The van der Waals surface area contributed by atoms with Gasteiger partial charge in [0.25, 0.3) is 5.91 Å². The molecule has 0 spiro atoms. The van der Waals surface area contributed by atoms with Crippen LogP contribution in [0.3, 0.4) is 0 Å². The highest BCUT2D eigenvalue weighted by Gasteiger charge is 2.38. The third-order valence-electron chi connectivity index (χ3n) is 5.09. The third-order valence-corrected chi connectivity index (χ3v) is 5.09. The predicted octanol–water partition coefficient (Wildman–Crippen LogP) is -1.31. The summed E-state index contributed by atoms with van der Waals surface area (Å²) in [5, 5.41) is 5.46. The van der Waals surface area contributed by atoms with Crippen LogP contribution >= 0.6 is 0 Å². The smallest absolute Gasteiger partial charge is 0.254 e. The van der Waals surface area contributed by atoms with E-state index in [1.807, 2.05) is 0 Å². The maximum Gasteiger partial charge on any atom is 0.254 e. The summed E-state index contributed by atoms with van der Waals surface area (Å²) < 4.78 is 0. The van der Waals surface area contributed by atoms with Gasteiger partial charge in [-0.1, -0.05) is 18.2 Å². The fraction of sp³-hybridized carbons (Fsp3) is 0.474. The highest BCUT2D eigenvalue weighted by Crippen LogP contribution is 2.16. The van der Waals surface area contributed by atoms with Crippen molar-refractivity contribution in [2.45, 2.75) is 24.9 Å². The minimum atomic E-state index is -0.883. The zero-order chi connectivity index (χ0) is 20.1. The second kappa shape index (κ2) is 8.83. The molecule has 2 aliphatic rings. The number of rotatable bonds is 4. The lowest BCUT2D eigenvalue weighted by Gasteiger charge is -2.41. The first-order chi connectivity index (χ1) is 13.5. The minimum Gasteiger partial charge on any atom is -0.354 e. The lowest BCUT2D eigenvalue weighted by atomic mass is 10.0. The summed E-state index contributed by atoms with van der Waals surface area (Å²) in [6, 6.07) is 7.17. The predicted molar refractivity (Wildman–Crippen MR) is 101 cm³/mol. The SMILES string of the molecule is NCC(=O)N1CCN(C(=O)c2ccccc2)C(C(=O)NC2CCCNC2=O)C1. The van der Waals surface area contributed by atoms with Gasteiger partial charge >= 0.3 is 0 Å². The van der Waals surface area contributed by atoms with Crippen molar-refractivity contribution in [2.75, 3.05) is 32.7 Å². The van der Waals surface area contributed by atoms with Gasteiger partial charge in [0.1, 0.15) is 12.1 Å². The van der Waals surface area contributed by atoms with Crippen LogP contribution in [-0.4, -0.2) is 78.2 Å². The number of benzene rings is 1. The van der Waals surface area contributed by atoms with Crippen LogP contribution in [0.4, 0.5) is 0 Å². The van der Waals surface area contributed by atoms with Gasteiger partial charge in [-0.2, -0.15) is 0 Å². The van der Waals surface area contributed by atoms with Crippen molar-refractivity contribution in [1.29, 1.82) is 0 Å². The van der Waals surface area contributed by atoms with E-state index in [-0.39, 0.29) is 37.4 Å². The maximum absolute atomic E-state index is 13.0. The number of nitrogens with two attached hydrogens (primary N) is 1. The van der Waals surface area contributed by atoms with Crippen molar-refractivity contribution in [3.05, 3.63) is 35.9 Å². The number of amides is 4. The molecule has 2 unspecified atom stereocenters. The van der Waals surface area contributed by atoms with Crippen molar-refractivity contribution in [3.8, 4) is 0 Å². The summed E-state index contributed by atoms with van der Waals surface area (Å²) in [7, 11) is 0. The Balaban J connectivity index is 1.79. The molecule has 150 valence electrons. The van der Waals surface area contributed by atoms with Crippen molar-refractivity contribution in [2.24, 2.45) is 5.73 Å². The number of hydrogen-bond acceptors (Lipinski definition) is 5. The van der Waals surface area contributed by atoms with Crippen LogP contribution in [0.15, 0.2) is 30.3 Å². The van der Waals surface area contributed by atoms with Gasteiger partial charge in [-0.3, -0.25) is 19.2 Å². The Labute approximate surface area is 163 Å². The van der Waals surface area contributed by atoms with Gasteiger partial charge in [0.05, 0.1) is 13.1 Å². The Hall–Kier alpha value is -2.94. The highest BCUT2D eigenvalue weighted by molar-refractivity contribution is 5.99. The molecule has 2 heterocycles. The molecule has 1 aromatic carbocycles. The molecule has 4 N–H and O–H groups in total. The highest BCUT2D eigenvalue weighted by atomic mass is 16.2. The van der Waals surface area contributed by atoms with E-state index in [0.717, 1.165) is 6.42 Å². The molecular weight excluding hydrogens is 362 g/mol. The molecule has 4 amide bonds. The molecule has 2 fully saturated rings. The quantitative estimate of drug-likeness (QED) is 0.592. The molecule has 2 aliphatic heterocycles. The number of carbonyl (C=O) groups is 4. The Kier molecular flexibility index (Phi) is 6.25. The molecule has 9 nitrogen and oxygen atoms in total. The normalized spacial score (nSPS) is 22.4. The van der Waals surface area contributed by atoms with Gasteiger partial charge in [-0.25, -0.2) is 0 Å². The fourth-order valence-corrected chi connectivity index (χ4v) is 3.53. The van der Waals surface area contributed by atoms with Gasteiger partial charge in [0.15, 0.2) is 0 Å². The first-order valence-corrected chi connectivity index (χ1v) is 9.43. The molecule has 0 radical (unpaired) electrons. The number of nitrogens with zero attached hydrogens (tertiary/aromatic N) is 2. The molecule has 1 aromatic rings. The Morgan fingerprint density at radius 1 is 1.18 bits per heavy atom. The van der Waals surface area contributed by atoms with Crippen molar-refractivity contribution in [3.63, 3.8) is 0 Å². The maximum atomic E-state index is 13.0. The van der Waals surface area contributed by atoms with Crippen LogP contribution < -0.4 is 16.4 Å². The van der Waals surface area contributed by atoms with E-state index in [0.29, 0.717) is 25.1 Å². The average molecular weight is 387 g/mol. The lowest BCUT2D eigenvalue weighted by molar-refractivity contribution is -0.138. The number of hydrogen-bond donors (Lipinski definition) is 3. The molecule has 3 rings (SSSR count). The summed E-state index contributed by atoms with van der Waals surface area (Å²) in [4.78, 5) is 52.9. The van der Waals surface area contributed by atoms with Crippen LogP contribution in [0.1, 0.15) is 23.2 Å². The first kappa shape index (κ1) is 19.8. The Morgan fingerprint density at radius 3 is 2.61 bits per heavy atom. The van der Waals surface area contributed by atoms with Gasteiger partial charge in [-0.05, 0) is 25.0 Å². The molecule has 0 bridgehead atoms. The molecule has 28 heavy (non-hydrogen) atoms. The number of piperidine rings is 1. The molecule has 0 saturated carbocycles. The minimum absolute atomic E-state index is 0.0504. The Morgan fingerprint density at radius 2 is 1.93 bits per heavy atom. The van der Waals surface area contributed by atoms with Crippen LogP contribution in [0.2, 0.25) is 0 Å². The van der Waals surface area contributed by atoms with E-state index in [9.17, 15) is 19.2 Å². The molecule has 0 aliphatic carbocycles. The summed E-state index contributed by atoms with van der Waals surface area (Å²) in [5.41, 5.74) is 5.92. The van der Waals surface area contributed by atoms with E-state index < -0.39 is 18.0 Å². The largest absolute Gasteiger partial charge is 0.354 e. The van der Waals surface area contributed by atoms with Crippen LogP contribution in [0.25, 0.3) is 0 Å². The summed E-state index contributed by atoms with van der Waals surface area (Å²) >= 11 is 0. The molecular formula is C19H25N5O4. The summed E-state index contributed by atoms with van der Waals surface area (Å²) in [6.45, 7) is 1.00. The molecule has 2 atom stereocenters. The van der Waals surface area contributed by atoms with Crippen LogP contribution in [0, 0.1) is 0 Å². The molecule has 9 heteroatoms. The van der Waals surface area contributed by atoms with Gasteiger partial charge in [-0.15, -0.1) is 0 Å². The zero-order valence-corrected chi connectivity index (χ0v) is 15.6. The van der Waals surface area contributed by atoms with E-state index in [2.05, 4.69) is 10.6 Å². The molecule has 0 aromatic heterocycles. The fourth-order valence-electron chi connectivity index (χ4n) is 3.53. The van der Waals surface area contributed by atoms with Gasteiger partial charge < -0.3 is 26.2 Å². The van der Waals surface area contributed by atoms with Gasteiger partial charge in [0.2, 0.25) is 17.7 Å².